The molecule has 0 saturated carbocycles. The van der Waals surface area contributed by atoms with Crippen molar-refractivity contribution in [2.45, 2.75) is 39.4 Å². The number of nitrogens with one attached hydrogen (secondary N) is 1. The molecule has 1 aromatic heterocycles. The number of pyridine rings is 1. The lowest BCUT2D eigenvalue weighted by Gasteiger charge is -2.31. The maximum Gasteiger partial charge on any atom is 0.322 e. The number of fused-ring (bicyclic) bond motifs is 1. The standard InChI is InChI=1S/C23H27N5O3/c1-15-11-21(29)28(16(2)14-31-3)26-22(15)17-6-8-19(9-7-17)25-23(30)27-12-18-5-4-10-24-20(18)13-27/h4-10,15-16H,11-14H2,1-3H3,(H,25,30). The number of methoxy groups -OCH3 is 1. The first-order valence-electron chi connectivity index (χ1n) is 10.4. The van der Waals surface area contributed by atoms with Gasteiger partial charge in [-0.05, 0) is 36.2 Å². The van der Waals surface area contributed by atoms with Crippen molar-refractivity contribution in [2.24, 2.45) is 11.0 Å². The summed E-state index contributed by atoms with van der Waals surface area (Å²) in [6.07, 6.45) is 2.16. The molecule has 3 heterocycles. The van der Waals surface area contributed by atoms with Gasteiger partial charge < -0.3 is 15.0 Å². The zero-order chi connectivity index (χ0) is 22.0. The third-order valence-electron chi connectivity index (χ3n) is 5.65. The number of nitrogens with zero attached hydrogens (tertiary/aromatic N) is 4. The average molecular weight is 422 g/mol. The van der Waals surface area contributed by atoms with E-state index in [1.807, 2.05) is 50.2 Å². The van der Waals surface area contributed by atoms with Crippen LogP contribution in [0.15, 0.2) is 47.7 Å². The lowest BCUT2D eigenvalue weighted by atomic mass is 9.93. The fraction of sp³-hybridized carbons (Fsp3) is 0.391. The van der Waals surface area contributed by atoms with Crippen LogP contribution in [-0.4, -0.2) is 52.3 Å². The summed E-state index contributed by atoms with van der Waals surface area (Å²) in [5, 5.41) is 9.10. The molecule has 2 aromatic rings. The highest BCUT2D eigenvalue weighted by Crippen LogP contribution is 2.24. The first-order valence-corrected chi connectivity index (χ1v) is 10.4. The maximum atomic E-state index is 12.6. The molecule has 2 aliphatic rings. The monoisotopic (exact) mass is 421 g/mol. The van der Waals surface area contributed by atoms with Crippen LogP contribution < -0.4 is 5.32 Å². The van der Waals surface area contributed by atoms with Crippen LogP contribution in [0, 0.1) is 5.92 Å². The summed E-state index contributed by atoms with van der Waals surface area (Å²) in [6, 6.07) is 11.2. The largest absolute Gasteiger partial charge is 0.382 e. The first-order chi connectivity index (χ1) is 15.0. The van der Waals surface area contributed by atoms with Gasteiger partial charge in [-0.3, -0.25) is 9.78 Å². The SMILES string of the molecule is COCC(C)N1N=C(c2ccc(NC(=O)N3Cc4cccnc4C3)cc2)C(C)CC1=O. The molecule has 1 aromatic carbocycles. The van der Waals surface area contributed by atoms with Crippen LogP contribution in [0.1, 0.15) is 37.1 Å². The fourth-order valence-corrected chi connectivity index (χ4v) is 3.99. The van der Waals surface area contributed by atoms with Gasteiger partial charge in [0.05, 0.1) is 30.6 Å². The zero-order valence-corrected chi connectivity index (χ0v) is 18.0. The molecular weight excluding hydrogens is 394 g/mol. The highest BCUT2D eigenvalue weighted by Gasteiger charge is 2.30. The molecule has 4 rings (SSSR count). The van der Waals surface area contributed by atoms with Gasteiger partial charge in [0, 0.05) is 37.9 Å². The predicted molar refractivity (Wildman–Crippen MR) is 117 cm³/mol. The molecule has 8 nitrogen and oxygen atoms in total. The van der Waals surface area contributed by atoms with Crippen LogP contribution in [0.3, 0.4) is 0 Å². The quantitative estimate of drug-likeness (QED) is 0.803. The zero-order valence-electron chi connectivity index (χ0n) is 18.0. The van der Waals surface area contributed by atoms with Crippen molar-refractivity contribution in [3.05, 3.63) is 59.4 Å². The molecule has 0 radical (unpaired) electrons. The molecular formula is C23H27N5O3. The number of ether oxygens (including phenoxy) is 1. The normalized spacial score (nSPS) is 19.1. The molecule has 2 atom stereocenters. The van der Waals surface area contributed by atoms with Gasteiger partial charge in [-0.25, -0.2) is 9.80 Å². The third kappa shape index (κ3) is 4.44. The van der Waals surface area contributed by atoms with Crippen LogP contribution in [-0.2, 0) is 22.6 Å². The van der Waals surface area contributed by atoms with Crippen molar-refractivity contribution in [1.29, 1.82) is 0 Å². The molecule has 2 aliphatic heterocycles. The van der Waals surface area contributed by atoms with Crippen molar-refractivity contribution in [2.75, 3.05) is 19.0 Å². The van der Waals surface area contributed by atoms with Gasteiger partial charge in [-0.2, -0.15) is 5.10 Å². The third-order valence-corrected chi connectivity index (χ3v) is 5.65. The van der Waals surface area contributed by atoms with E-state index in [4.69, 9.17) is 4.74 Å². The number of hydrogen-bond acceptors (Lipinski definition) is 5. The first kappa shape index (κ1) is 21.0. The molecule has 0 spiro atoms. The van der Waals surface area contributed by atoms with E-state index in [0.29, 0.717) is 31.8 Å². The minimum atomic E-state index is -0.153. The summed E-state index contributed by atoms with van der Waals surface area (Å²) in [7, 11) is 1.61. The summed E-state index contributed by atoms with van der Waals surface area (Å²) in [5.41, 5.74) is 4.53. The second-order valence-electron chi connectivity index (χ2n) is 8.11. The number of amides is 3. The highest BCUT2D eigenvalue weighted by molar-refractivity contribution is 6.06. The van der Waals surface area contributed by atoms with Gasteiger partial charge in [-0.1, -0.05) is 25.1 Å². The van der Waals surface area contributed by atoms with Crippen molar-refractivity contribution in [3.63, 3.8) is 0 Å². The van der Waals surface area contributed by atoms with E-state index < -0.39 is 0 Å². The Balaban J connectivity index is 1.44. The second-order valence-corrected chi connectivity index (χ2v) is 8.11. The maximum absolute atomic E-state index is 12.6. The molecule has 3 amide bonds. The van der Waals surface area contributed by atoms with E-state index in [1.54, 1.807) is 18.2 Å². The summed E-state index contributed by atoms with van der Waals surface area (Å²) >= 11 is 0. The van der Waals surface area contributed by atoms with Gasteiger partial charge in [0.25, 0.3) is 0 Å². The molecule has 31 heavy (non-hydrogen) atoms. The Hall–Kier alpha value is -3.26. The summed E-state index contributed by atoms with van der Waals surface area (Å²) in [5.74, 6) is 0.0281. The minimum Gasteiger partial charge on any atom is -0.382 e. The Morgan fingerprint density at radius 2 is 2.03 bits per heavy atom. The van der Waals surface area contributed by atoms with Gasteiger partial charge in [0.2, 0.25) is 5.91 Å². The van der Waals surface area contributed by atoms with Crippen LogP contribution in [0.4, 0.5) is 10.5 Å². The van der Waals surface area contributed by atoms with Crippen molar-refractivity contribution in [1.82, 2.24) is 14.9 Å². The molecule has 0 aliphatic carbocycles. The molecule has 2 unspecified atom stereocenters. The second kappa shape index (κ2) is 8.85. The summed E-state index contributed by atoms with van der Waals surface area (Å²) in [4.78, 5) is 31.1. The Bertz CT molecular complexity index is 980. The van der Waals surface area contributed by atoms with E-state index >= 15 is 0 Å². The number of benzene rings is 1. The van der Waals surface area contributed by atoms with Crippen LogP contribution in [0.2, 0.25) is 0 Å². The van der Waals surface area contributed by atoms with Gasteiger partial charge in [0.15, 0.2) is 0 Å². The van der Waals surface area contributed by atoms with Crippen molar-refractivity contribution in [3.8, 4) is 0 Å². The number of hydrazone groups is 1. The Morgan fingerprint density at radius 1 is 1.26 bits per heavy atom. The van der Waals surface area contributed by atoms with E-state index in [-0.39, 0.29) is 23.9 Å². The minimum absolute atomic E-state index is 0.00535. The van der Waals surface area contributed by atoms with Gasteiger partial charge >= 0.3 is 6.03 Å². The Morgan fingerprint density at radius 3 is 2.74 bits per heavy atom. The van der Waals surface area contributed by atoms with Gasteiger partial charge in [-0.15, -0.1) is 0 Å². The number of hydrogen-bond donors (Lipinski definition) is 1. The lowest BCUT2D eigenvalue weighted by molar-refractivity contribution is -0.135. The molecule has 8 heteroatoms. The number of rotatable bonds is 5. The highest BCUT2D eigenvalue weighted by atomic mass is 16.5. The fourth-order valence-electron chi connectivity index (χ4n) is 3.99. The van der Waals surface area contributed by atoms with E-state index in [1.165, 1.54) is 5.01 Å². The topological polar surface area (TPSA) is 87.1 Å². The number of urea groups is 1. The van der Waals surface area contributed by atoms with Crippen LogP contribution >= 0.6 is 0 Å². The smallest absolute Gasteiger partial charge is 0.322 e. The number of carbonyl (C=O) groups is 2. The molecule has 0 saturated heterocycles. The Kier molecular flexibility index (Phi) is 5.99. The van der Waals surface area contributed by atoms with Gasteiger partial charge in [0.1, 0.15) is 0 Å². The van der Waals surface area contributed by atoms with E-state index in [0.717, 1.165) is 22.5 Å². The summed E-state index contributed by atoms with van der Waals surface area (Å²) < 4.78 is 5.18. The van der Waals surface area contributed by atoms with E-state index in [9.17, 15) is 9.59 Å². The number of carbonyl (C=O) groups excluding carboxylic acids is 2. The molecule has 0 fully saturated rings. The number of anilines is 1. The van der Waals surface area contributed by atoms with Crippen molar-refractivity contribution >= 4 is 23.3 Å². The lowest BCUT2D eigenvalue weighted by Crippen LogP contribution is -2.43. The Labute approximate surface area is 181 Å². The number of aromatic nitrogens is 1. The molecule has 1 N–H and O–H groups in total. The predicted octanol–water partition coefficient (Wildman–Crippen LogP) is 3.24. The van der Waals surface area contributed by atoms with Crippen LogP contribution in [0.25, 0.3) is 0 Å². The summed E-state index contributed by atoms with van der Waals surface area (Å²) in [6.45, 7) is 5.42. The van der Waals surface area contributed by atoms with E-state index in [2.05, 4.69) is 15.4 Å². The van der Waals surface area contributed by atoms with Crippen molar-refractivity contribution < 1.29 is 14.3 Å². The average Bonchev–Trinajstić information content (AvgIpc) is 3.19. The molecule has 162 valence electrons. The van der Waals surface area contributed by atoms with Crippen LogP contribution in [0.5, 0.6) is 0 Å². The molecule has 0 bridgehead atoms.